The minimum atomic E-state index is -5.08. The van der Waals surface area contributed by atoms with Crippen molar-refractivity contribution in [2.24, 2.45) is 0 Å². The van der Waals surface area contributed by atoms with Crippen LogP contribution in [-0.4, -0.2) is 96.0 Å². The Kier molecular flexibility index (Phi) is 36.9. The summed E-state index contributed by atoms with van der Waals surface area (Å²) in [6.07, 6.45) is -5.08. The van der Waals surface area contributed by atoms with Crippen LogP contribution in [0.25, 0.3) is 11.0 Å². The molecule has 25 nitrogen and oxygen atoms in total. The normalized spacial score (nSPS) is 10.4. The maximum absolute atomic E-state index is 13.5. The van der Waals surface area contributed by atoms with Crippen molar-refractivity contribution < 1.29 is 140 Å². The smallest absolute Gasteiger partial charge is 1.00 e. The first-order chi connectivity index (χ1) is 37.3. The van der Waals surface area contributed by atoms with Gasteiger partial charge in [0, 0.05) is 36.4 Å². The second kappa shape index (κ2) is 38.2. The average Bonchev–Trinajstić information content (AvgIpc) is 3.34. The SMILES string of the molecule is Fc1ccc(Br)c(F)c1.O=C(O)C(F)(F)F.O=C(O)CNc1cc(F)c(Br)cc1[N+](=O)[O-].O=C1CNc2cc(F)c(Br)cc2N1.O=[N+]([O-])[O-].O=[N+]([O-])c1cc(Br)c(F)cc1F.O=c1[nH]c2cc(Br)c(F)c([N+](=O)[O-])c2[nH]c1=O.[Cl][Sn][Cl].[K+]. The number of carboxylic acid groups (broad SMARTS) is 2. The number of alkyl halides is 3. The number of rotatable bonds is 6. The molecule has 0 saturated carbocycles. The van der Waals surface area contributed by atoms with Gasteiger partial charge in [-0.3, -0.25) is 49.5 Å². The number of carbonyl (C=O) groups excluding carboxylic acids is 1. The number of hydrogen-bond donors (Lipinski definition) is 7. The molecule has 1 amide bonds. The summed E-state index contributed by atoms with van der Waals surface area (Å²) in [6, 6.07) is 10.4. The number of nitro groups is 3. The molecule has 2 heterocycles. The molecule has 7 N–H and O–H groups in total. The largest absolute Gasteiger partial charge is 1.00 e. The van der Waals surface area contributed by atoms with Crippen LogP contribution in [0.1, 0.15) is 0 Å². The van der Waals surface area contributed by atoms with Crippen LogP contribution < -0.4 is 78.5 Å². The van der Waals surface area contributed by atoms with Gasteiger partial charge in [0.1, 0.15) is 46.8 Å². The number of nitrogens with one attached hydrogen (secondary N) is 5. The van der Waals surface area contributed by atoms with Gasteiger partial charge in [0.15, 0.2) is 0 Å². The standard InChI is InChI=1S/C8H3BrFN3O4.C8H6BrFN2O4.C8H6BrFN2O.C6H2BrF2NO2.C6H3BrF2.C2HF3O2.2ClH.K.NO3.Sn/c9-2-1-3-5(6(4(2)10)13(16)17)12-8(15)7(14)11-3;9-4-1-7(12(15)16)6(2-5(4)10)11-3-8(13)14;9-4-1-7-6(2-5(4)10)11-3-8(13)12-7;7-3-1-6(10(11)12)5(9)2-4(3)8;7-5-2-1-4(8)3-6(5)9;3-2(4,5)1(6)7;;;;2-1(3)4;/h1H,(H,11,14)(H,12,15);1-2,11H,3H2,(H,13,14);1-2,11H,3H2,(H,12,13);1-2H;1-3H;(H,6,7);2*1H;;;/q;;;;;;;;+1;-1;+2/p-2. The third kappa shape index (κ3) is 28.6. The Morgan fingerprint density at radius 3 is 1.54 bits per heavy atom. The second-order valence-electron chi connectivity index (χ2n) is 13.2. The van der Waals surface area contributed by atoms with Gasteiger partial charge in [0.25, 0.3) is 5.69 Å². The van der Waals surface area contributed by atoms with Crippen molar-refractivity contribution in [2.75, 3.05) is 29.0 Å². The molecular weight excluding hydrogens is 1660 g/mol. The van der Waals surface area contributed by atoms with Crippen LogP contribution in [0.15, 0.2) is 92.6 Å². The molecular formula is C38H21Br5Cl2F10KN9O16Sn. The fourth-order valence-electron chi connectivity index (χ4n) is 4.65. The molecule has 1 aromatic heterocycles. The summed E-state index contributed by atoms with van der Waals surface area (Å²) in [5.74, 6) is -9.42. The third-order valence-corrected chi connectivity index (χ3v) is 10.9. The van der Waals surface area contributed by atoms with E-state index < -0.39 is 126 Å². The summed E-state index contributed by atoms with van der Waals surface area (Å²) in [5, 5.41) is 69.4. The maximum Gasteiger partial charge on any atom is 1.00 e. The quantitative estimate of drug-likeness (QED) is 0.0204. The van der Waals surface area contributed by atoms with Crippen LogP contribution in [0.4, 0.5) is 78.0 Å². The first-order valence-electron chi connectivity index (χ1n) is 19.2. The van der Waals surface area contributed by atoms with E-state index in [0.29, 0.717) is 21.9 Å². The monoisotopic (exact) mass is 1670 g/mol. The van der Waals surface area contributed by atoms with Crippen LogP contribution in [0, 0.1) is 86.4 Å². The number of benzene rings is 5. The average molecular weight is 1680 g/mol. The molecule has 0 saturated heterocycles. The fourth-order valence-corrected chi connectivity index (χ4v) is 6.32. The molecule has 0 bridgehead atoms. The Labute approximate surface area is 548 Å². The van der Waals surface area contributed by atoms with Gasteiger partial charge in [-0.05, 0) is 104 Å². The number of H-pyrrole nitrogens is 2. The van der Waals surface area contributed by atoms with E-state index >= 15 is 0 Å². The molecule has 0 unspecified atom stereocenters. The number of nitrogens with zero attached hydrogens (tertiary/aromatic N) is 4. The van der Waals surface area contributed by atoms with Gasteiger partial charge >= 0.3 is 129 Å². The minimum Gasteiger partial charge on any atom is 1.00 e. The summed E-state index contributed by atoms with van der Waals surface area (Å²) in [5.41, 5.74) is -3.44. The van der Waals surface area contributed by atoms with Gasteiger partial charge in [-0.15, -0.1) is 0 Å². The third-order valence-electron chi connectivity index (χ3n) is 7.82. The van der Waals surface area contributed by atoms with E-state index in [2.05, 4.69) is 101 Å². The van der Waals surface area contributed by atoms with Crippen molar-refractivity contribution in [3.63, 3.8) is 0 Å². The number of fused-ring (bicyclic) bond motifs is 2. The summed E-state index contributed by atoms with van der Waals surface area (Å²) in [4.78, 5) is 93.3. The molecule has 5 aromatic carbocycles. The Bertz CT molecular complexity index is 3440. The van der Waals surface area contributed by atoms with Crippen LogP contribution in [0.2, 0.25) is 0 Å². The van der Waals surface area contributed by atoms with Crippen LogP contribution in [0.5, 0.6) is 0 Å². The molecule has 7 rings (SSSR count). The molecule has 1 aliphatic heterocycles. The second-order valence-corrected chi connectivity index (χ2v) is 21.8. The topological polar surface area (TPSA) is 389 Å². The number of aromatic amines is 2. The van der Waals surface area contributed by atoms with Gasteiger partial charge in [-0.1, -0.05) is 0 Å². The Hall–Kier alpha value is -4.83. The number of aromatic nitrogens is 2. The number of aliphatic carboxylic acids is 2. The first kappa shape index (κ1) is 79.2. The van der Waals surface area contributed by atoms with E-state index in [1.54, 1.807) is 0 Å². The predicted molar refractivity (Wildman–Crippen MR) is 284 cm³/mol. The van der Waals surface area contributed by atoms with Crippen molar-refractivity contribution in [3.8, 4) is 0 Å². The zero-order chi connectivity index (χ0) is 63.0. The number of carboxylic acids is 2. The number of anilines is 3. The zero-order valence-electron chi connectivity index (χ0n) is 39.0. The number of amides is 1. The molecule has 0 atom stereocenters. The van der Waals surface area contributed by atoms with Crippen molar-refractivity contribution in [1.82, 2.24) is 9.97 Å². The molecule has 2 radical (unpaired) electrons. The Balaban J connectivity index is 0. The number of hydrogen-bond acceptors (Lipinski definition) is 16. The summed E-state index contributed by atoms with van der Waals surface area (Å²) < 4.78 is 121. The number of carbonyl (C=O) groups is 3. The Morgan fingerprint density at radius 1 is 0.634 bits per heavy atom. The van der Waals surface area contributed by atoms with Crippen LogP contribution >= 0.6 is 97.5 Å². The van der Waals surface area contributed by atoms with Gasteiger partial charge in [-0.2, -0.15) is 22.0 Å². The molecule has 0 spiro atoms. The zero-order valence-corrected chi connectivity index (χ0v) is 54.4. The van der Waals surface area contributed by atoms with Crippen molar-refractivity contribution in [3.05, 3.63) is 190 Å². The van der Waals surface area contributed by atoms with Crippen LogP contribution in [0.3, 0.4) is 0 Å². The van der Waals surface area contributed by atoms with Gasteiger partial charge in [0.05, 0.1) is 65.7 Å². The molecule has 82 heavy (non-hydrogen) atoms. The fraction of sp³-hybridized carbons (Fsp3) is 0.0789. The predicted octanol–water partition coefficient (Wildman–Crippen LogP) is 8.73. The van der Waals surface area contributed by atoms with Crippen molar-refractivity contribution in [2.45, 2.75) is 6.18 Å². The van der Waals surface area contributed by atoms with E-state index in [1.807, 2.05) is 4.98 Å². The van der Waals surface area contributed by atoms with Gasteiger partial charge in [0.2, 0.25) is 17.5 Å². The summed E-state index contributed by atoms with van der Waals surface area (Å²) >= 11 is 13.4. The molecule has 438 valence electrons. The molecule has 44 heteroatoms. The number of halogens is 17. The van der Waals surface area contributed by atoms with E-state index in [9.17, 15) is 93.4 Å². The number of nitro benzene ring substituents is 3. The maximum atomic E-state index is 13.5. The van der Waals surface area contributed by atoms with E-state index in [4.69, 9.17) is 48.2 Å². The molecule has 1 aliphatic rings. The van der Waals surface area contributed by atoms with Gasteiger partial charge in [-0.25, -0.2) is 26.7 Å². The summed E-state index contributed by atoms with van der Waals surface area (Å²) in [7, 11) is 9.87. The van der Waals surface area contributed by atoms with E-state index in [0.717, 1.165) is 30.3 Å². The molecule has 0 fully saturated rings. The van der Waals surface area contributed by atoms with E-state index in [-0.39, 0.29) is 104 Å². The summed E-state index contributed by atoms with van der Waals surface area (Å²) in [6.45, 7) is -0.337. The minimum absolute atomic E-state index is 0. The molecule has 6 aromatic rings. The Morgan fingerprint density at radius 2 is 1.09 bits per heavy atom. The van der Waals surface area contributed by atoms with Gasteiger partial charge < -0.3 is 51.5 Å². The van der Waals surface area contributed by atoms with E-state index in [1.165, 1.54) is 24.3 Å². The molecule has 0 aliphatic carbocycles. The van der Waals surface area contributed by atoms with Crippen LogP contribution in [-0.2, 0) is 14.4 Å². The van der Waals surface area contributed by atoms with Crippen molar-refractivity contribution in [1.29, 1.82) is 0 Å². The van der Waals surface area contributed by atoms with Crippen molar-refractivity contribution >= 4 is 179 Å². The first-order valence-corrected chi connectivity index (χ1v) is 30.4.